The zero-order valence-corrected chi connectivity index (χ0v) is 22.2. The van der Waals surface area contributed by atoms with E-state index in [-0.39, 0.29) is 29.8 Å². The SMILES string of the molecule is CC(CC1CC(C)(C)NC1=O)NC(=O)C(CC(C)(C)C)NC(=O)C(NC(=O)C(F)(F)F)C(C)(C)C. The summed E-state index contributed by atoms with van der Waals surface area (Å²) >= 11 is 0. The van der Waals surface area contributed by atoms with Crippen LogP contribution in [0.4, 0.5) is 13.2 Å². The maximum absolute atomic E-state index is 13.1. The zero-order valence-electron chi connectivity index (χ0n) is 22.2. The third-order valence-electron chi connectivity index (χ3n) is 5.73. The van der Waals surface area contributed by atoms with Crippen molar-refractivity contribution in [1.82, 2.24) is 21.3 Å². The van der Waals surface area contributed by atoms with Gasteiger partial charge in [0.15, 0.2) is 0 Å². The molecular weight excluding hydrogens is 465 g/mol. The molecule has 0 bridgehead atoms. The summed E-state index contributed by atoms with van der Waals surface area (Å²) in [5, 5.41) is 10.0. The number of carbonyl (C=O) groups excluding carboxylic acids is 4. The van der Waals surface area contributed by atoms with E-state index in [0.717, 1.165) is 0 Å². The third-order valence-corrected chi connectivity index (χ3v) is 5.73. The molecule has 202 valence electrons. The van der Waals surface area contributed by atoms with E-state index in [1.165, 1.54) is 20.8 Å². The number of hydrogen-bond donors (Lipinski definition) is 4. The van der Waals surface area contributed by atoms with Crippen molar-refractivity contribution in [3.05, 3.63) is 0 Å². The van der Waals surface area contributed by atoms with Crippen LogP contribution in [0.3, 0.4) is 0 Å². The number of nitrogens with one attached hydrogen (secondary N) is 4. The van der Waals surface area contributed by atoms with Crippen LogP contribution in [0.5, 0.6) is 0 Å². The van der Waals surface area contributed by atoms with Crippen molar-refractivity contribution in [2.24, 2.45) is 16.7 Å². The fraction of sp³-hybridized carbons (Fsp3) is 0.833. The van der Waals surface area contributed by atoms with Gasteiger partial charge in [0.05, 0.1) is 0 Å². The van der Waals surface area contributed by atoms with Gasteiger partial charge in [-0.25, -0.2) is 0 Å². The number of amides is 4. The zero-order chi connectivity index (χ0) is 27.6. The van der Waals surface area contributed by atoms with Crippen LogP contribution >= 0.6 is 0 Å². The van der Waals surface area contributed by atoms with E-state index in [2.05, 4.69) is 16.0 Å². The maximum Gasteiger partial charge on any atom is 0.471 e. The Morgan fingerprint density at radius 1 is 1.00 bits per heavy atom. The van der Waals surface area contributed by atoms with Crippen LogP contribution in [0, 0.1) is 16.7 Å². The van der Waals surface area contributed by atoms with Crippen molar-refractivity contribution < 1.29 is 32.3 Å². The molecule has 35 heavy (non-hydrogen) atoms. The van der Waals surface area contributed by atoms with Crippen LogP contribution in [0.2, 0.25) is 0 Å². The van der Waals surface area contributed by atoms with Gasteiger partial charge in [-0.15, -0.1) is 0 Å². The molecule has 0 aliphatic carbocycles. The number of halogens is 3. The molecule has 8 nitrogen and oxygen atoms in total. The van der Waals surface area contributed by atoms with E-state index in [0.29, 0.717) is 12.8 Å². The van der Waals surface area contributed by atoms with Gasteiger partial charge in [0.2, 0.25) is 17.7 Å². The van der Waals surface area contributed by atoms with Crippen LogP contribution in [-0.2, 0) is 19.2 Å². The molecule has 1 rings (SSSR count). The Balaban J connectivity index is 2.99. The minimum atomic E-state index is -5.15. The lowest BCUT2D eigenvalue weighted by atomic mass is 9.84. The molecule has 4 N–H and O–H groups in total. The fourth-order valence-corrected chi connectivity index (χ4v) is 4.18. The summed E-state index contributed by atoms with van der Waals surface area (Å²) in [6.45, 7) is 15.7. The quantitative estimate of drug-likeness (QED) is 0.405. The molecule has 4 atom stereocenters. The van der Waals surface area contributed by atoms with Crippen LogP contribution in [0.1, 0.15) is 81.6 Å². The van der Waals surface area contributed by atoms with E-state index in [1.807, 2.05) is 34.6 Å². The second kappa shape index (κ2) is 10.7. The van der Waals surface area contributed by atoms with Gasteiger partial charge in [-0.1, -0.05) is 41.5 Å². The lowest BCUT2D eigenvalue weighted by Crippen LogP contribution is -2.60. The van der Waals surface area contributed by atoms with Crippen LogP contribution in [0.15, 0.2) is 0 Å². The van der Waals surface area contributed by atoms with Gasteiger partial charge in [-0.05, 0) is 50.9 Å². The summed E-state index contributed by atoms with van der Waals surface area (Å²) < 4.78 is 38.5. The van der Waals surface area contributed by atoms with Crippen molar-refractivity contribution in [2.45, 2.75) is 111 Å². The number of carbonyl (C=O) groups is 4. The first-order valence-electron chi connectivity index (χ1n) is 11.8. The topological polar surface area (TPSA) is 116 Å². The predicted molar refractivity (Wildman–Crippen MR) is 126 cm³/mol. The Hall–Kier alpha value is -2.33. The Labute approximate surface area is 205 Å². The summed E-state index contributed by atoms with van der Waals surface area (Å²) in [6.07, 6.45) is -3.91. The number of hydrogen-bond acceptors (Lipinski definition) is 4. The molecule has 0 spiro atoms. The molecule has 0 saturated carbocycles. The first kappa shape index (κ1) is 30.7. The highest BCUT2D eigenvalue weighted by Crippen LogP contribution is 2.28. The van der Waals surface area contributed by atoms with Crippen LogP contribution in [-0.4, -0.2) is 53.5 Å². The lowest BCUT2D eigenvalue weighted by molar-refractivity contribution is -0.175. The molecule has 1 heterocycles. The van der Waals surface area contributed by atoms with Crippen LogP contribution in [0.25, 0.3) is 0 Å². The van der Waals surface area contributed by atoms with Gasteiger partial charge in [0, 0.05) is 17.5 Å². The molecule has 1 fully saturated rings. The van der Waals surface area contributed by atoms with Gasteiger partial charge in [-0.3, -0.25) is 19.2 Å². The molecular formula is C24H41F3N4O4. The normalized spacial score (nSPS) is 20.9. The molecule has 4 amide bonds. The van der Waals surface area contributed by atoms with Crippen molar-refractivity contribution in [3.8, 4) is 0 Å². The van der Waals surface area contributed by atoms with E-state index in [9.17, 15) is 32.3 Å². The summed E-state index contributed by atoms with van der Waals surface area (Å²) in [4.78, 5) is 49.9. The lowest BCUT2D eigenvalue weighted by Gasteiger charge is -2.33. The molecule has 0 aromatic rings. The second-order valence-corrected chi connectivity index (χ2v) is 12.5. The van der Waals surface area contributed by atoms with Crippen molar-refractivity contribution >= 4 is 23.6 Å². The summed E-state index contributed by atoms with van der Waals surface area (Å²) in [6, 6.07) is -2.95. The van der Waals surface area contributed by atoms with E-state index in [1.54, 1.807) is 12.2 Å². The van der Waals surface area contributed by atoms with E-state index >= 15 is 0 Å². The molecule has 0 radical (unpaired) electrons. The number of alkyl halides is 3. The molecule has 1 aliphatic rings. The Morgan fingerprint density at radius 2 is 1.54 bits per heavy atom. The maximum atomic E-state index is 13.1. The highest BCUT2D eigenvalue weighted by Gasteiger charge is 2.44. The Morgan fingerprint density at radius 3 is 1.94 bits per heavy atom. The first-order chi connectivity index (χ1) is 15.5. The van der Waals surface area contributed by atoms with Gasteiger partial charge in [0.1, 0.15) is 12.1 Å². The van der Waals surface area contributed by atoms with Crippen molar-refractivity contribution in [2.75, 3.05) is 0 Å². The summed E-state index contributed by atoms with van der Waals surface area (Å²) in [7, 11) is 0. The summed E-state index contributed by atoms with van der Waals surface area (Å²) in [5.41, 5.74) is -1.78. The van der Waals surface area contributed by atoms with Gasteiger partial charge < -0.3 is 21.3 Å². The highest BCUT2D eigenvalue weighted by atomic mass is 19.4. The Bertz CT molecular complexity index is 813. The van der Waals surface area contributed by atoms with E-state index in [4.69, 9.17) is 0 Å². The smallest absolute Gasteiger partial charge is 0.352 e. The average molecular weight is 507 g/mol. The van der Waals surface area contributed by atoms with Crippen molar-refractivity contribution in [3.63, 3.8) is 0 Å². The minimum Gasteiger partial charge on any atom is -0.352 e. The standard InChI is InChI=1S/C24H41F3N4O4/c1-13(10-14-11-23(8,9)31-17(14)32)28-18(33)15(12-21(2,3)4)29-19(34)16(22(5,6)7)30-20(35)24(25,26)27/h13-16H,10-12H2,1-9H3,(H,28,33)(H,29,34)(H,30,35)(H,31,32). The first-order valence-corrected chi connectivity index (χ1v) is 11.8. The molecule has 11 heteroatoms. The largest absolute Gasteiger partial charge is 0.471 e. The van der Waals surface area contributed by atoms with Gasteiger partial charge in [-0.2, -0.15) is 13.2 Å². The monoisotopic (exact) mass is 506 g/mol. The van der Waals surface area contributed by atoms with Gasteiger partial charge in [0.25, 0.3) is 0 Å². The third kappa shape index (κ3) is 10.0. The Kier molecular flexibility index (Phi) is 9.42. The summed E-state index contributed by atoms with van der Waals surface area (Å²) in [5.74, 6) is -3.96. The molecule has 4 unspecified atom stereocenters. The minimum absolute atomic E-state index is 0.0796. The van der Waals surface area contributed by atoms with E-state index < -0.39 is 46.8 Å². The molecule has 1 aliphatic heterocycles. The molecule has 0 aromatic carbocycles. The average Bonchev–Trinajstić information content (AvgIpc) is 2.86. The van der Waals surface area contributed by atoms with Crippen LogP contribution < -0.4 is 21.3 Å². The molecule has 0 aromatic heterocycles. The molecule has 1 saturated heterocycles. The number of rotatable bonds is 8. The fourth-order valence-electron chi connectivity index (χ4n) is 4.18. The predicted octanol–water partition coefficient (Wildman–Crippen LogP) is 2.81. The second-order valence-electron chi connectivity index (χ2n) is 12.5. The highest BCUT2D eigenvalue weighted by molar-refractivity contribution is 5.93. The van der Waals surface area contributed by atoms with Gasteiger partial charge >= 0.3 is 12.1 Å². The van der Waals surface area contributed by atoms with Crippen molar-refractivity contribution in [1.29, 1.82) is 0 Å².